The first kappa shape index (κ1) is 22.6. The van der Waals surface area contributed by atoms with Crippen molar-refractivity contribution >= 4 is 43.5 Å². The van der Waals surface area contributed by atoms with Crippen molar-refractivity contribution in [2.24, 2.45) is 17.0 Å². The summed E-state index contributed by atoms with van der Waals surface area (Å²) >= 11 is 3.11. The molecule has 2 atom stereocenters. The molecule has 1 saturated carbocycles. The zero-order chi connectivity index (χ0) is 21.7. The van der Waals surface area contributed by atoms with Crippen molar-refractivity contribution in [3.8, 4) is 0 Å². The SMILES string of the molecule is N=C(Nc1ccc(F)c(Br)c1)c1nonc1NCC1CCCC(CNS(N)(=O)=O)C1. The molecular formula is C17H23BrFN7O3S. The highest BCUT2D eigenvalue weighted by atomic mass is 79.9. The predicted molar refractivity (Wildman–Crippen MR) is 114 cm³/mol. The Bertz CT molecular complexity index is 1000. The van der Waals surface area contributed by atoms with E-state index in [9.17, 15) is 12.8 Å². The number of aromatic nitrogens is 2. The van der Waals surface area contributed by atoms with E-state index in [1.165, 1.54) is 18.2 Å². The Balaban J connectivity index is 1.55. The largest absolute Gasteiger partial charge is 0.365 e. The highest BCUT2D eigenvalue weighted by Crippen LogP contribution is 2.29. The van der Waals surface area contributed by atoms with Crippen molar-refractivity contribution in [1.29, 1.82) is 5.41 Å². The Morgan fingerprint density at radius 2 is 2.03 bits per heavy atom. The second kappa shape index (κ2) is 9.81. The summed E-state index contributed by atoms with van der Waals surface area (Å²) < 4.78 is 43.0. The number of halogens is 2. The van der Waals surface area contributed by atoms with Crippen LogP contribution >= 0.6 is 15.9 Å². The molecule has 0 amide bonds. The minimum Gasteiger partial charge on any atom is -0.365 e. The third-order valence-electron chi connectivity index (χ3n) is 4.94. The molecule has 1 aliphatic carbocycles. The molecule has 1 aromatic heterocycles. The fourth-order valence-electron chi connectivity index (χ4n) is 3.49. The number of nitrogens with zero attached hydrogens (tertiary/aromatic N) is 2. The molecule has 6 N–H and O–H groups in total. The van der Waals surface area contributed by atoms with Crippen LogP contribution in [0.3, 0.4) is 0 Å². The van der Waals surface area contributed by atoms with Gasteiger partial charge in [-0.1, -0.05) is 6.42 Å². The van der Waals surface area contributed by atoms with Gasteiger partial charge < -0.3 is 10.6 Å². The van der Waals surface area contributed by atoms with E-state index in [4.69, 9.17) is 15.2 Å². The van der Waals surface area contributed by atoms with Crippen LogP contribution in [0.15, 0.2) is 27.3 Å². The zero-order valence-corrected chi connectivity index (χ0v) is 18.4. The molecule has 2 unspecified atom stereocenters. The molecule has 0 saturated heterocycles. The summed E-state index contributed by atoms with van der Waals surface area (Å²) in [6.45, 7) is 0.913. The van der Waals surface area contributed by atoms with E-state index in [1.54, 1.807) is 0 Å². The monoisotopic (exact) mass is 503 g/mol. The van der Waals surface area contributed by atoms with Crippen LogP contribution in [0.4, 0.5) is 15.9 Å². The molecular weight excluding hydrogens is 481 g/mol. The van der Waals surface area contributed by atoms with E-state index in [0.717, 1.165) is 25.7 Å². The number of benzene rings is 1. The minimum absolute atomic E-state index is 0.0452. The molecule has 30 heavy (non-hydrogen) atoms. The van der Waals surface area contributed by atoms with Crippen LogP contribution in [0.5, 0.6) is 0 Å². The van der Waals surface area contributed by atoms with Crippen molar-refractivity contribution in [2.75, 3.05) is 23.7 Å². The number of rotatable bonds is 8. The van der Waals surface area contributed by atoms with Crippen molar-refractivity contribution in [3.05, 3.63) is 34.2 Å². The van der Waals surface area contributed by atoms with E-state index in [0.29, 0.717) is 30.5 Å². The summed E-state index contributed by atoms with van der Waals surface area (Å²) in [6.07, 6.45) is 3.77. The number of nitrogens with one attached hydrogen (secondary N) is 4. The molecule has 10 nitrogen and oxygen atoms in total. The first-order chi connectivity index (χ1) is 14.2. The van der Waals surface area contributed by atoms with Gasteiger partial charge in [0.25, 0.3) is 10.2 Å². The highest BCUT2D eigenvalue weighted by molar-refractivity contribution is 9.10. The Hall–Kier alpha value is -2.09. The normalized spacial score (nSPS) is 19.4. The van der Waals surface area contributed by atoms with Crippen LogP contribution in [0, 0.1) is 23.1 Å². The van der Waals surface area contributed by atoms with E-state index in [2.05, 4.69) is 41.6 Å². The molecule has 3 rings (SSSR count). The van der Waals surface area contributed by atoms with Gasteiger partial charge in [0, 0.05) is 18.8 Å². The van der Waals surface area contributed by atoms with Crippen molar-refractivity contribution in [3.63, 3.8) is 0 Å². The van der Waals surface area contributed by atoms with Gasteiger partial charge in [-0.05, 0) is 75.5 Å². The summed E-state index contributed by atoms with van der Waals surface area (Å²) in [7, 11) is -3.69. The number of nitrogens with two attached hydrogens (primary N) is 1. The summed E-state index contributed by atoms with van der Waals surface area (Å²) in [5.74, 6) is 0.415. The topological polar surface area (TPSA) is 159 Å². The Morgan fingerprint density at radius 3 is 2.73 bits per heavy atom. The van der Waals surface area contributed by atoms with Gasteiger partial charge in [-0.15, -0.1) is 0 Å². The van der Waals surface area contributed by atoms with Gasteiger partial charge in [-0.2, -0.15) is 8.42 Å². The van der Waals surface area contributed by atoms with E-state index in [-0.39, 0.29) is 21.9 Å². The number of amidine groups is 1. The Morgan fingerprint density at radius 1 is 1.30 bits per heavy atom. The second-order valence-corrected chi connectivity index (χ2v) is 9.50. The molecule has 0 spiro atoms. The quantitative estimate of drug-likeness (QED) is 0.273. The third kappa shape index (κ3) is 6.45. The Kier molecular flexibility index (Phi) is 7.39. The van der Waals surface area contributed by atoms with Gasteiger partial charge in [0.05, 0.1) is 4.47 Å². The van der Waals surface area contributed by atoms with Crippen LogP contribution in [0.1, 0.15) is 31.4 Å². The minimum atomic E-state index is -3.69. The molecule has 0 bridgehead atoms. The predicted octanol–water partition coefficient (Wildman–Crippen LogP) is 2.42. The summed E-state index contributed by atoms with van der Waals surface area (Å²) in [5, 5.41) is 26.8. The molecule has 1 aliphatic rings. The molecule has 1 fully saturated rings. The van der Waals surface area contributed by atoms with Crippen molar-refractivity contribution in [2.45, 2.75) is 25.7 Å². The fraction of sp³-hybridized carbons (Fsp3) is 0.471. The molecule has 13 heteroatoms. The third-order valence-corrected chi connectivity index (χ3v) is 6.11. The lowest BCUT2D eigenvalue weighted by Crippen LogP contribution is -2.36. The number of anilines is 2. The van der Waals surface area contributed by atoms with Gasteiger partial charge in [-0.3, -0.25) is 5.41 Å². The smallest absolute Gasteiger partial charge is 0.274 e. The average molecular weight is 504 g/mol. The first-order valence-corrected chi connectivity index (χ1v) is 11.7. The zero-order valence-electron chi connectivity index (χ0n) is 16.0. The maximum Gasteiger partial charge on any atom is 0.274 e. The maximum atomic E-state index is 13.4. The molecule has 1 heterocycles. The molecule has 164 valence electrons. The fourth-order valence-corrected chi connectivity index (χ4v) is 4.34. The lowest BCUT2D eigenvalue weighted by molar-refractivity contribution is 0.275. The van der Waals surface area contributed by atoms with Crippen molar-refractivity contribution < 1.29 is 17.4 Å². The van der Waals surface area contributed by atoms with Gasteiger partial charge in [0.1, 0.15) is 5.82 Å². The maximum absolute atomic E-state index is 13.4. The lowest BCUT2D eigenvalue weighted by atomic mass is 9.81. The molecule has 0 radical (unpaired) electrons. The number of hydrogen-bond acceptors (Lipinski definition) is 7. The molecule has 1 aromatic carbocycles. The van der Waals surface area contributed by atoms with Gasteiger partial charge in [0.2, 0.25) is 5.82 Å². The highest BCUT2D eigenvalue weighted by Gasteiger charge is 2.24. The second-order valence-electron chi connectivity index (χ2n) is 7.26. The number of hydrogen-bond donors (Lipinski definition) is 5. The van der Waals surface area contributed by atoms with E-state index < -0.39 is 16.0 Å². The van der Waals surface area contributed by atoms with Crippen LogP contribution in [0.25, 0.3) is 0 Å². The molecule has 0 aliphatic heterocycles. The summed E-state index contributed by atoms with van der Waals surface area (Å²) in [5.41, 5.74) is 0.721. The summed E-state index contributed by atoms with van der Waals surface area (Å²) in [6, 6.07) is 4.30. The standard InChI is InChI=1S/C17H23BrFN7O3S/c18-13-7-12(4-5-14(13)19)24-16(20)15-17(26-29-25-15)22-8-10-2-1-3-11(6-10)9-23-30(21,27)28/h4-5,7,10-11,23H,1-3,6,8-9H2,(H2,20,24)(H,22,26)(H2,21,27,28). The van der Waals surface area contributed by atoms with Crippen LogP contribution in [-0.4, -0.2) is 37.7 Å². The van der Waals surface area contributed by atoms with Gasteiger partial charge >= 0.3 is 0 Å². The van der Waals surface area contributed by atoms with E-state index >= 15 is 0 Å². The molecule has 2 aromatic rings. The Labute approximate surface area is 182 Å². The lowest BCUT2D eigenvalue weighted by Gasteiger charge is -2.29. The van der Waals surface area contributed by atoms with Gasteiger partial charge in [-0.25, -0.2) is 18.9 Å². The summed E-state index contributed by atoms with van der Waals surface area (Å²) in [4.78, 5) is 0. The first-order valence-electron chi connectivity index (χ1n) is 9.36. The van der Waals surface area contributed by atoms with Crippen LogP contribution in [-0.2, 0) is 10.2 Å². The average Bonchev–Trinajstić information content (AvgIpc) is 3.16. The van der Waals surface area contributed by atoms with Crippen molar-refractivity contribution in [1.82, 2.24) is 15.0 Å². The van der Waals surface area contributed by atoms with Crippen LogP contribution < -0.4 is 20.5 Å². The van der Waals surface area contributed by atoms with Crippen LogP contribution in [0.2, 0.25) is 0 Å². The van der Waals surface area contributed by atoms with E-state index in [1.807, 2.05) is 0 Å². The van der Waals surface area contributed by atoms with Gasteiger partial charge in [0.15, 0.2) is 11.5 Å².